The van der Waals surface area contributed by atoms with Gasteiger partial charge in [0, 0.05) is 46.2 Å². The Balaban J connectivity index is 2.41. The third kappa shape index (κ3) is 17.3. The van der Waals surface area contributed by atoms with Crippen molar-refractivity contribution in [3.63, 3.8) is 0 Å². The van der Waals surface area contributed by atoms with Gasteiger partial charge < -0.3 is 47.4 Å². The molecule has 5 unspecified atom stereocenters. The van der Waals surface area contributed by atoms with E-state index in [1.807, 2.05) is 0 Å². The van der Waals surface area contributed by atoms with E-state index >= 15 is 0 Å². The first kappa shape index (κ1) is 46.8. The highest BCUT2D eigenvalue weighted by Crippen LogP contribution is 2.33. The maximum atomic E-state index is 6.80. The van der Waals surface area contributed by atoms with Gasteiger partial charge in [0.1, 0.15) is 48.8 Å². The fourth-order valence-corrected chi connectivity index (χ4v) is 6.38. The molecule has 0 aromatic heterocycles. The molecule has 0 bridgehead atoms. The summed E-state index contributed by atoms with van der Waals surface area (Å²) in [5.41, 5.74) is 0. The molecule has 2 fully saturated rings. The Bertz CT molecular complexity index is 790. The van der Waals surface area contributed by atoms with Gasteiger partial charge in [0.25, 0.3) is 0 Å². The number of ether oxygens (including phenoxy) is 10. The molecule has 0 N–H and O–H groups in total. The van der Waals surface area contributed by atoms with Crippen LogP contribution in [0.1, 0.15) is 145 Å². The minimum absolute atomic E-state index is 0.196. The molecule has 2 aliphatic rings. The topological polar surface area (TPSA) is 92.3 Å². The number of hydrogen-bond donors (Lipinski definition) is 0. The molecule has 10 heteroatoms. The van der Waals surface area contributed by atoms with Crippen molar-refractivity contribution in [2.24, 2.45) is 0 Å². The zero-order chi connectivity index (χ0) is 37.1. The summed E-state index contributed by atoms with van der Waals surface area (Å²) in [6, 6.07) is 0. The highest BCUT2D eigenvalue weighted by Gasteiger charge is 2.51. The Morgan fingerprint density at radius 3 is 1.16 bits per heavy atom. The van der Waals surface area contributed by atoms with Gasteiger partial charge in [-0.05, 0) is 51.9 Å². The van der Waals surface area contributed by atoms with Gasteiger partial charge >= 0.3 is 0 Å². The van der Waals surface area contributed by atoms with Gasteiger partial charge in [-0.2, -0.15) is 0 Å². The summed E-state index contributed by atoms with van der Waals surface area (Å²) in [6.07, 6.45) is 10.4. The minimum atomic E-state index is -0.701. The van der Waals surface area contributed by atoms with Crippen molar-refractivity contribution < 1.29 is 47.4 Å². The molecular formula is C41H80O10. The van der Waals surface area contributed by atoms with Gasteiger partial charge in [-0.15, -0.1) is 0 Å². The van der Waals surface area contributed by atoms with Crippen LogP contribution < -0.4 is 0 Å². The van der Waals surface area contributed by atoms with E-state index in [9.17, 15) is 0 Å². The van der Waals surface area contributed by atoms with E-state index < -0.39 is 12.4 Å². The summed E-state index contributed by atoms with van der Waals surface area (Å²) in [5, 5.41) is 0. The molecule has 10 nitrogen and oxygen atoms in total. The summed E-state index contributed by atoms with van der Waals surface area (Å²) in [5.74, 6) is 0. The van der Waals surface area contributed by atoms with Crippen LogP contribution in [0.25, 0.3) is 0 Å². The van der Waals surface area contributed by atoms with Crippen LogP contribution in [0.3, 0.4) is 0 Å². The SMILES string of the molecule is CCCCOCC1O[C@H](OCC2O[C@H](C)C(OCCCC)C(OCCCC)[C@@H]2OCCCC)[C@H](OCCCC)C(OCCCC)[C@@H]1OCCCC. The largest absolute Gasteiger partial charge is 0.379 e. The lowest BCUT2D eigenvalue weighted by molar-refractivity contribution is -0.334. The standard InChI is InChI=1S/C41H80O10/c1-9-16-23-42-30-33-36(44-25-18-11-3)39(47-28-21-14-6)40(48-29-22-15-7)41(51-33)49-31-34-37(45-26-19-12-4)38(46-27-20-13-5)35(32(8)50-34)43-24-17-10-2/h32-41H,9-31H2,1-8H3/t32-,33?,34?,35?,36-,37-,38?,39?,40-,41+/m1/s1. The van der Waals surface area contributed by atoms with E-state index in [0.717, 1.165) is 89.9 Å². The predicted molar refractivity (Wildman–Crippen MR) is 203 cm³/mol. The lowest BCUT2D eigenvalue weighted by atomic mass is 9.94. The molecule has 0 aliphatic carbocycles. The Kier molecular flexibility index (Phi) is 27.4. The second kappa shape index (κ2) is 29.9. The number of unbranched alkanes of at least 4 members (excludes halogenated alkanes) is 7. The van der Waals surface area contributed by atoms with Crippen molar-refractivity contribution in [1.29, 1.82) is 0 Å². The molecular weight excluding hydrogens is 652 g/mol. The molecule has 0 amide bonds. The zero-order valence-electron chi connectivity index (χ0n) is 34.1. The van der Waals surface area contributed by atoms with E-state index in [0.29, 0.717) is 52.9 Å². The van der Waals surface area contributed by atoms with Crippen LogP contribution in [0.5, 0.6) is 0 Å². The molecule has 2 heterocycles. The van der Waals surface area contributed by atoms with E-state index in [2.05, 4.69) is 55.4 Å². The number of hydrogen-bond acceptors (Lipinski definition) is 10. The minimum Gasteiger partial charge on any atom is -0.379 e. The third-order valence-electron chi connectivity index (χ3n) is 9.66. The summed E-state index contributed by atoms with van der Waals surface area (Å²) in [6.45, 7) is 22.4. The first-order chi connectivity index (χ1) is 25.0. The maximum absolute atomic E-state index is 6.80. The summed E-state index contributed by atoms with van der Waals surface area (Å²) >= 11 is 0. The van der Waals surface area contributed by atoms with E-state index in [4.69, 9.17) is 47.4 Å². The molecule has 10 atom stereocenters. The molecule has 304 valence electrons. The van der Waals surface area contributed by atoms with Crippen LogP contribution in [0.15, 0.2) is 0 Å². The fourth-order valence-electron chi connectivity index (χ4n) is 6.38. The lowest BCUT2D eigenvalue weighted by Crippen LogP contribution is -2.63. The van der Waals surface area contributed by atoms with Crippen LogP contribution in [0, 0.1) is 0 Å². The van der Waals surface area contributed by atoms with Crippen LogP contribution in [0.2, 0.25) is 0 Å². The normalized spacial score (nSPS) is 29.9. The lowest BCUT2D eigenvalue weighted by Gasteiger charge is -2.48. The van der Waals surface area contributed by atoms with Gasteiger partial charge in [-0.3, -0.25) is 0 Å². The van der Waals surface area contributed by atoms with Crippen molar-refractivity contribution in [1.82, 2.24) is 0 Å². The van der Waals surface area contributed by atoms with Crippen molar-refractivity contribution in [2.45, 2.75) is 207 Å². The average molecular weight is 733 g/mol. The summed E-state index contributed by atoms with van der Waals surface area (Å²) < 4.78 is 66.0. The number of rotatable bonds is 32. The first-order valence-corrected chi connectivity index (χ1v) is 21.2. The quantitative estimate of drug-likeness (QED) is 0.0628. The Labute approximate surface area is 312 Å². The molecule has 0 radical (unpaired) electrons. The molecule has 0 aromatic rings. The molecule has 2 saturated heterocycles. The van der Waals surface area contributed by atoms with Gasteiger partial charge in [-0.1, -0.05) is 93.4 Å². The van der Waals surface area contributed by atoms with Crippen molar-refractivity contribution >= 4 is 0 Å². The van der Waals surface area contributed by atoms with Crippen molar-refractivity contribution in [2.75, 3.05) is 59.5 Å². The van der Waals surface area contributed by atoms with Gasteiger partial charge in [0.05, 0.1) is 19.3 Å². The Morgan fingerprint density at radius 1 is 0.353 bits per heavy atom. The zero-order valence-corrected chi connectivity index (χ0v) is 34.1. The molecule has 0 saturated carbocycles. The molecule has 51 heavy (non-hydrogen) atoms. The third-order valence-corrected chi connectivity index (χ3v) is 9.66. The van der Waals surface area contributed by atoms with Gasteiger partial charge in [-0.25, -0.2) is 0 Å². The van der Waals surface area contributed by atoms with Crippen LogP contribution in [-0.2, 0) is 47.4 Å². The second-order valence-corrected chi connectivity index (χ2v) is 14.3. The molecule has 0 spiro atoms. The summed E-state index contributed by atoms with van der Waals surface area (Å²) in [7, 11) is 0. The molecule has 0 aromatic carbocycles. The van der Waals surface area contributed by atoms with E-state index in [-0.39, 0.29) is 55.4 Å². The highest BCUT2D eigenvalue weighted by atomic mass is 16.7. The Morgan fingerprint density at radius 2 is 0.706 bits per heavy atom. The smallest absolute Gasteiger partial charge is 0.187 e. The molecule has 2 rings (SSSR count). The van der Waals surface area contributed by atoms with Crippen LogP contribution in [0.4, 0.5) is 0 Å². The molecule has 2 aliphatic heterocycles. The van der Waals surface area contributed by atoms with Gasteiger partial charge in [0.15, 0.2) is 6.29 Å². The Hall–Kier alpha value is -0.400. The predicted octanol–water partition coefficient (Wildman–Crippen LogP) is 8.44. The van der Waals surface area contributed by atoms with Crippen molar-refractivity contribution in [3.8, 4) is 0 Å². The highest BCUT2D eigenvalue weighted by molar-refractivity contribution is 4.96. The average Bonchev–Trinajstić information content (AvgIpc) is 3.13. The monoisotopic (exact) mass is 733 g/mol. The maximum Gasteiger partial charge on any atom is 0.187 e. The fraction of sp³-hybridized carbons (Fsp3) is 1.00. The van der Waals surface area contributed by atoms with Gasteiger partial charge in [0.2, 0.25) is 0 Å². The van der Waals surface area contributed by atoms with E-state index in [1.54, 1.807) is 0 Å². The second-order valence-electron chi connectivity index (χ2n) is 14.3. The van der Waals surface area contributed by atoms with Crippen LogP contribution >= 0.6 is 0 Å². The first-order valence-electron chi connectivity index (χ1n) is 21.2. The van der Waals surface area contributed by atoms with E-state index in [1.165, 1.54) is 0 Å². The van der Waals surface area contributed by atoms with Crippen LogP contribution in [-0.4, -0.2) is 121 Å². The van der Waals surface area contributed by atoms with Crippen molar-refractivity contribution in [3.05, 3.63) is 0 Å². The summed E-state index contributed by atoms with van der Waals surface area (Å²) in [4.78, 5) is 0.